The van der Waals surface area contributed by atoms with Crippen LogP contribution in [0.4, 0.5) is 0 Å². The van der Waals surface area contributed by atoms with Crippen LogP contribution >= 0.6 is 23.5 Å². The Morgan fingerprint density at radius 3 is 2.28 bits per heavy atom. The number of amides is 1. The molecule has 2 aromatic carbocycles. The number of rotatable bonds is 8. The van der Waals surface area contributed by atoms with E-state index in [0.717, 1.165) is 39.8 Å². The van der Waals surface area contributed by atoms with Gasteiger partial charge in [0, 0.05) is 0 Å². The number of carbonyl (C=O) groups is 1. The van der Waals surface area contributed by atoms with E-state index in [1.54, 1.807) is 0 Å². The molecule has 0 N–H and O–H groups in total. The third-order valence-electron chi connectivity index (χ3n) is 4.50. The first-order chi connectivity index (χ1) is 14.1. The van der Waals surface area contributed by atoms with E-state index in [1.165, 1.54) is 23.5 Å². The van der Waals surface area contributed by atoms with Gasteiger partial charge in [0.25, 0.3) is 5.91 Å². The van der Waals surface area contributed by atoms with E-state index in [-0.39, 0.29) is 12.0 Å². The lowest BCUT2D eigenvalue weighted by Crippen LogP contribution is -2.13. The lowest BCUT2D eigenvalue weighted by molar-refractivity contribution is -0.113. The maximum absolute atomic E-state index is 11.9. The van der Waals surface area contributed by atoms with Crippen LogP contribution in [0.25, 0.3) is 6.08 Å². The smallest absolute Gasteiger partial charge is 0.285 e. The molecule has 29 heavy (non-hydrogen) atoms. The molecule has 0 aromatic heterocycles. The van der Waals surface area contributed by atoms with Crippen molar-refractivity contribution in [3.63, 3.8) is 0 Å². The van der Waals surface area contributed by atoms with Gasteiger partial charge in [-0.15, -0.1) is 11.8 Å². The zero-order chi connectivity index (χ0) is 20.6. The van der Waals surface area contributed by atoms with Gasteiger partial charge in [0.1, 0.15) is 22.5 Å². The number of hydrogen-bond donors (Lipinski definition) is 0. The van der Waals surface area contributed by atoms with Crippen LogP contribution in [0.15, 0.2) is 58.4 Å². The van der Waals surface area contributed by atoms with Crippen molar-refractivity contribution in [1.82, 2.24) is 0 Å². The van der Waals surface area contributed by atoms with Crippen LogP contribution in [0.1, 0.15) is 37.8 Å². The Morgan fingerprint density at radius 1 is 1.03 bits per heavy atom. The minimum absolute atomic E-state index is 0.170. The van der Waals surface area contributed by atoms with Gasteiger partial charge >= 0.3 is 0 Å². The van der Waals surface area contributed by atoms with Crippen molar-refractivity contribution in [3.05, 3.63) is 64.6 Å². The van der Waals surface area contributed by atoms with Crippen LogP contribution < -0.4 is 9.47 Å². The summed E-state index contributed by atoms with van der Waals surface area (Å²) in [7, 11) is 0. The van der Waals surface area contributed by atoms with Crippen molar-refractivity contribution in [2.45, 2.75) is 39.4 Å². The van der Waals surface area contributed by atoms with Crippen LogP contribution in [0.2, 0.25) is 0 Å². The van der Waals surface area contributed by atoms with Crippen molar-refractivity contribution >= 4 is 39.9 Å². The molecule has 1 heterocycles. The SMILES string of the molecule is CCC(CC)Oc1ccc(COc2ccc(C=C3SC(SC)=NC3=O)cc2)cc1. The number of ether oxygens (including phenoxy) is 2. The van der Waals surface area contributed by atoms with Gasteiger partial charge in [-0.3, -0.25) is 4.79 Å². The summed E-state index contributed by atoms with van der Waals surface area (Å²) in [6.07, 6.45) is 6.06. The van der Waals surface area contributed by atoms with E-state index in [2.05, 4.69) is 18.8 Å². The fourth-order valence-corrected chi connectivity index (χ4v) is 4.19. The molecule has 2 aromatic rings. The van der Waals surface area contributed by atoms with Gasteiger partial charge in [-0.2, -0.15) is 4.99 Å². The Hall–Kier alpha value is -2.18. The molecule has 1 aliphatic heterocycles. The molecule has 6 heteroatoms. The van der Waals surface area contributed by atoms with Crippen molar-refractivity contribution < 1.29 is 14.3 Å². The molecule has 0 spiro atoms. The van der Waals surface area contributed by atoms with Gasteiger partial charge in [0.2, 0.25) is 0 Å². The molecular weight excluding hydrogens is 402 g/mol. The summed E-state index contributed by atoms with van der Waals surface area (Å²) in [6, 6.07) is 15.8. The van der Waals surface area contributed by atoms with Gasteiger partial charge < -0.3 is 9.47 Å². The first-order valence-corrected chi connectivity index (χ1v) is 11.7. The summed E-state index contributed by atoms with van der Waals surface area (Å²) in [6.45, 7) is 4.76. The maximum Gasteiger partial charge on any atom is 0.285 e. The van der Waals surface area contributed by atoms with Crippen molar-refractivity contribution in [1.29, 1.82) is 0 Å². The molecule has 4 nitrogen and oxygen atoms in total. The molecule has 0 fully saturated rings. The van der Waals surface area contributed by atoms with Gasteiger partial charge in [-0.05, 0) is 60.6 Å². The molecule has 0 bridgehead atoms. The zero-order valence-electron chi connectivity index (χ0n) is 16.9. The summed E-state index contributed by atoms with van der Waals surface area (Å²) in [5.74, 6) is 1.51. The number of nitrogens with zero attached hydrogens (tertiary/aromatic N) is 1. The highest BCUT2D eigenvalue weighted by atomic mass is 32.2. The molecule has 3 rings (SSSR count). The normalized spacial score (nSPS) is 15.1. The van der Waals surface area contributed by atoms with Crippen LogP contribution in [0.3, 0.4) is 0 Å². The van der Waals surface area contributed by atoms with Crippen molar-refractivity contribution in [3.8, 4) is 11.5 Å². The van der Waals surface area contributed by atoms with E-state index in [1.807, 2.05) is 60.9 Å². The molecule has 0 saturated heterocycles. The first-order valence-electron chi connectivity index (χ1n) is 9.66. The Kier molecular flexibility index (Phi) is 7.83. The highest BCUT2D eigenvalue weighted by Gasteiger charge is 2.20. The predicted molar refractivity (Wildman–Crippen MR) is 124 cm³/mol. The minimum Gasteiger partial charge on any atom is -0.490 e. The fourth-order valence-electron chi connectivity index (χ4n) is 2.77. The van der Waals surface area contributed by atoms with E-state index in [9.17, 15) is 4.79 Å². The van der Waals surface area contributed by atoms with Crippen molar-refractivity contribution in [2.75, 3.05) is 6.26 Å². The predicted octanol–water partition coefficient (Wildman–Crippen LogP) is 6.17. The topological polar surface area (TPSA) is 47.9 Å². The average molecular weight is 428 g/mol. The van der Waals surface area contributed by atoms with E-state index < -0.39 is 0 Å². The third kappa shape index (κ3) is 6.15. The van der Waals surface area contributed by atoms with Gasteiger partial charge in [-0.25, -0.2) is 0 Å². The maximum atomic E-state index is 11.9. The average Bonchev–Trinajstić information content (AvgIpc) is 3.11. The highest BCUT2D eigenvalue weighted by molar-refractivity contribution is 8.40. The summed E-state index contributed by atoms with van der Waals surface area (Å²) in [5, 5.41) is 0. The number of carbonyl (C=O) groups excluding carboxylic acids is 1. The Morgan fingerprint density at radius 2 is 1.69 bits per heavy atom. The lowest BCUT2D eigenvalue weighted by Gasteiger charge is -2.15. The van der Waals surface area contributed by atoms with E-state index in [4.69, 9.17) is 9.47 Å². The van der Waals surface area contributed by atoms with E-state index >= 15 is 0 Å². The second kappa shape index (κ2) is 10.6. The largest absolute Gasteiger partial charge is 0.490 e. The first kappa shape index (κ1) is 21.5. The number of benzene rings is 2. The summed E-state index contributed by atoms with van der Waals surface area (Å²) in [5.41, 5.74) is 2.04. The second-order valence-electron chi connectivity index (χ2n) is 6.56. The standard InChI is InChI=1S/C23H25NO3S2/c1-4-18(5-2)27-20-12-8-17(9-13-20)15-26-19-10-6-16(7-11-19)14-21-22(25)24-23(28-3)29-21/h6-14,18H,4-5,15H2,1-3H3. The number of hydrogen-bond acceptors (Lipinski definition) is 5. The monoisotopic (exact) mass is 427 g/mol. The van der Waals surface area contributed by atoms with Gasteiger partial charge in [0.05, 0.1) is 11.0 Å². The molecule has 1 amide bonds. The van der Waals surface area contributed by atoms with Gasteiger partial charge in [0.15, 0.2) is 0 Å². The molecule has 0 aliphatic carbocycles. The fraction of sp³-hybridized carbons (Fsp3) is 0.304. The molecule has 0 atom stereocenters. The Balaban J connectivity index is 1.53. The molecular formula is C23H25NO3S2. The third-order valence-corrected chi connectivity index (χ3v) is 6.46. The molecule has 0 radical (unpaired) electrons. The summed E-state index contributed by atoms with van der Waals surface area (Å²) in [4.78, 5) is 16.5. The van der Waals surface area contributed by atoms with Crippen LogP contribution in [-0.2, 0) is 11.4 Å². The Labute approximate surface area is 180 Å². The number of aliphatic imine (C=N–C) groups is 1. The summed E-state index contributed by atoms with van der Waals surface area (Å²) >= 11 is 2.90. The second-order valence-corrected chi connectivity index (χ2v) is 8.64. The molecule has 1 aliphatic rings. The number of thioether (sulfide) groups is 2. The van der Waals surface area contributed by atoms with Crippen LogP contribution in [0, 0.1) is 0 Å². The molecule has 152 valence electrons. The Bertz CT molecular complexity index is 885. The minimum atomic E-state index is -0.170. The van der Waals surface area contributed by atoms with Crippen molar-refractivity contribution in [2.24, 2.45) is 4.99 Å². The highest BCUT2D eigenvalue weighted by Crippen LogP contribution is 2.32. The summed E-state index contributed by atoms with van der Waals surface area (Å²) < 4.78 is 12.6. The lowest BCUT2D eigenvalue weighted by atomic mass is 10.2. The molecule has 0 saturated carbocycles. The van der Waals surface area contributed by atoms with Crippen LogP contribution in [0.5, 0.6) is 11.5 Å². The van der Waals surface area contributed by atoms with Gasteiger partial charge in [-0.1, -0.05) is 49.9 Å². The zero-order valence-corrected chi connectivity index (χ0v) is 18.5. The molecule has 0 unspecified atom stereocenters. The van der Waals surface area contributed by atoms with Crippen LogP contribution in [-0.4, -0.2) is 22.6 Å². The quantitative estimate of drug-likeness (QED) is 0.472. The van der Waals surface area contributed by atoms with E-state index in [0.29, 0.717) is 11.5 Å².